The number of rotatable bonds is 4. The van der Waals surface area contributed by atoms with Crippen LogP contribution in [0.2, 0.25) is 5.02 Å². The van der Waals surface area contributed by atoms with E-state index >= 15 is 0 Å². The van der Waals surface area contributed by atoms with Crippen LogP contribution in [0.1, 0.15) is 23.5 Å². The highest BCUT2D eigenvalue weighted by molar-refractivity contribution is 6.34. The molecule has 4 heteroatoms. The van der Waals surface area contributed by atoms with Gasteiger partial charge in [-0.05, 0) is 17.7 Å². The van der Waals surface area contributed by atoms with E-state index in [0.29, 0.717) is 16.4 Å². The number of para-hydroxylation sites is 1. The van der Waals surface area contributed by atoms with Crippen molar-refractivity contribution in [3.05, 3.63) is 70.9 Å². The largest absolute Gasteiger partial charge is 0.458 e. The normalized spacial score (nSPS) is 14.2. The topological polar surface area (TPSA) is 48.4 Å². The van der Waals surface area contributed by atoms with Crippen molar-refractivity contribution in [3.63, 3.8) is 0 Å². The van der Waals surface area contributed by atoms with Gasteiger partial charge in [-0.15, -0.1) is 0 Å². The predicted octanol–water partition coefficient (Wildman–Crippen LogP) is 4.47. The number of hydrogen-bond acceptors (Lipinski definition) is 3. The second kappa shape index (κ2) is 5.90. The van der Waals surface area contributed by atoms with Crippen LogP contribution < -0.4 is 5.73 Å². The third-order valence-electron chi connectivity index (χ3n) is 3.55. The van der Waals surface area contributed by atoms with E-state index in [-0.39, 0.29) is 6.10 Å². The molecule has 3 nitrogen and oxygen atoms in total. The molecule has 0 saturated carbocycles. The average Bonchev–Trinajstić information content (AvgIpc) is 2.95. The molecule has 0 aliphatic rings. The van der Waals surface area contributed by atoms with E-state index < -0.39 is 6.04 Å². The zero-order valence-electron chi connectivity index (χ0n) is 11.6. The van der Waals surface area contributed by atoms with Crippen molar-refractivity contribution in [2.45, 2.75) is 12.1 Å². The van der Waals surface area contributed by atoms with E-state index in [1.807, 2.05) is 48.5 Å². The standard InChI is InChI=1S/C17H16ClNO2/c1-20-17(11-6-3-2-4-7-11)15(19)14-10-12-8-5-9-13(18)16(12)21-14/h2-10,15,17H,19H2,1H3. The Hall–Kier alpha value is -1.81. The van der Waals surface area contributed by atoms with Gasteiger partial charge in [0.15, 0.2) is 5.58 Å². The number of fused-ring (bicyclic) bond motifs is 1. The lowest BCUT2D eigenvalue weighted by atomic mass is 10.0. The van der Waals surface area contributed by atoms with Crippen molar-refractivity contribution in [3.8, 4) is 0 Å². The lowest BCUT2D eigenvalue weighted by molar-refractivity contribution is 0.0741. The molecular weight excluding hydrogens is 286 g/mol. The first kappa shape index (κ1) is 14.1. The van der Waals surface area contributed by atoms with E-state index in [1.54, 1.807) is 13.2 Å². The van der Waals surface area contributed by atoms with Crippen LogP contribution in [0.15, 0.2) is 59.0 Å². The molecule has 0 fully saturated rings. The summed E-state index contributed by atoms with van der Waals surface area (Å²) in [5.41, 5.74) is 8.01. The van der Waals surface area contributed by atoms with Crippen LogP contribution in [0, 0.1) is 0 Å². The molecule has 2 N–H and O–H groups in total. The first-order valence-corrected chi connectivity index (χ1v) is 7.10. The van der Waals surface area contributed by atoms with Gasteiger partial charge in [-0.25, -0.2) is 0 Å². The molecule has 0 saturated heterocycles. The molecule has 108 valence electrons. The van der Waals surface area contributed by atoms with Crippen molar-refractivity contribution in [2.24, 2.45) is 5.73 Å². The zero-order valence-corrected chi connectivity index (χ0v) is 12.4. The molecule has 0 aliphatic heterocycles. The molecule has 3 rings (SSSR count). The number of nitrogens with two attached hydrogens (primary N) is 1. The summed E-state index contributed by atoms with van der Waals surface area (Å²) in [6, 6.07) is 17.0. The Labute approximate surface area is 128 Å². The maximum Gasteiger partial charge on any atom is 0.152 e. The van der Waals surface area contributed by atoms with Gasteiger partial charge in [-0.1, -0.05) is 54.1 Å². The Balaban J connectivity index is 1.99. The lowest BCUT2D eigenvalue weighted by Gasteiger charge is -2.21. The second-order valence-electron chi connectivity index (χ2n) is 4.90. The van der Waals surface area contributed by atoms with E-state index in [0.717, 1.165) is 10.9 Å². The molecule has 1 heterocycles. The van der Waals surface area contributed by atoms with Crippen molar-refractivity contribution in [1.29, 1.82) is 0 Å². The molecule has 2 aromatic carbocycles. The number of furan rings is 1. The summed E-state index contributed by atoms with van der Waals surface area (Å²) in [4.78, 5) is 0. The van der Waals surface area contributed by atoms with Gasteiger partial charge in [0.2, 0.25) is 0 Å². The Morgan fingerprint density at radius 1 is 1.10 bits per heavy atom. The monoisotopic (exact) mass is 301 g/mol. The third kappa shape index (κ3) is 2.68. The summed E-state index contributed by atoms with van der Waals surface area (Å²) in [5.74, 6) is 0.661. The fourth-order valence-corrected chi connectivity index (χ4v) is 2.71. The van der Waals surface area contributed by atoms with Crippen LogP contribution in [-0.2, 0) is 4.74 Å². The molecule has 0 aliphatic carbocycles. The SMILES string of the molecule is COC(c1ccccc1)C(N)c1cc2cccc(Cl)c2o1. The van der Waals surface area contributed by atoms with Gasteiger partial charge in [0.25, 0.3) is 0 Å². The third-order valence-corrected chi connectivity index (χ3v) is 3.85. The van der Waals surface area contributed by atoms with Crippen molar-refractivity contribution in [1.82, 2.24) is 0 Å². The maximum absolute atomic E-state index is 6.33. The first-order chi connectivity index (χ1) is 10.2. The van der Waals surface area contributed by atoms with Gasteiger partial charge in [0.05, 0.1) is 11.1 Å². The highest BCUT2D eigenvalue weighted by Gasteiger charge is 2.24. The predicted molar refractivity (Wildman–Crippen MR) is 84.3 cm³/mol. The second-order valence-corrected chi connectivity index (χ2v) is 5.31. The van der Waals surface area contributed by atoms with Gasteiger partial charge in [0.1, 0.15) is 11.9 Å². The van der Waals surface area contributed by atoms with Gasteiger partial charge in [0, 0.05) is 12.5 Å². The van der Waals surface area contributed by atoms with E-state index in [9.17, 15) is 0 Å². The molecule has 2 unspecified atom stereocenters. The maximum atomic E-state index is 6.33. The van der Waals surface area contributed by atoms with E-state index in [2.05, 4.69) is 0 Å². The Morgan fingerprint density at radius 3 is 2.52 bits per heavy atom. The Bertz CT molecular complexity index is 739. The molecule has 2 atom stereocenters. The van der Waals surface area contributed by atoms with Gasteiger partial charge < -0.3 is 14.9 Å². The van der Waals surface area contributed by atoms with Crippen molar-refractivity contribution >= 4 is 22.6 Å². The Morgan fingerprint density at radius 2 is 1.86 bits per heavy atom. The van der Waals surface area contributed by atoms with Gasteiger partial charge in [-0.3, -0.25) is 0 Å². The van der Waals surface area contributed by atoms with E-state index in [1.165, 1.54) is 0 Å². The van der Waals surface area contributed by atoms with Crippen LogP contribution in [-0.4, -0.2) is 7.11 Å². The number of hydrogen-bond donors (Lipinski definition) is 1. The summed E-state index contributed by atoms with van der Waals surface area (Å²) in [6.45, 7) is 0. The molecular formula is C17H16ClNO2. The number of methoxy groups -OCH3 is 1. The average molecular weight is 302 g/mol. The van der Waals surface area contributed by atoms with Crippen LogP contribution in [0.3, 0.4) is 0 Å². The highest BCUT2D eigenvalue weighted by atomic mass is 35.5. The first-order valence-electron chi connectivity index (χ1n) is 6.72. The van der Waals surface area contributed by atoms with Gasteiger partial charge in [-0.2, -0.15) is 0 Å². The van der Waals surface area contributed by atoms with Crippen LogP contribution in [0.25, 0.3) is 11.0 Å². The quantitative estimate of drug-likeness (QED) is 0.773. The number of benzene rings is 2. The minimum atomic E-state index is -0.402. The molecule has 0 radical (unpaired) electrons. The summed E-state index contributed by atoms with van der Waals surface area (Å²) < 4.78 is 11.4. The molecule has 0 amide bonds. The van der Waals surface area contributed by atoms with Crippen molar-refractivity contribution in [2.75, 3.05) is 7.11 Å². The molecule has 1 aromatic heterocycles. The molecule has 0 bridgehead atoms. The molecule has 3 aromatic rings. The molecule has 21 heavy (non-hydrogen) atoms. The summed E-state index contributed by atoms with van der Waals surface area (Å²) in [6.07, 6.45) is -0.273. The number of ether oxygens (including phenoxy) is 1. The van der Waals surface area contributed by atoms with Crippen molar-refractivity contribution < 1.29 is 9.15 Å². The fourth-order valence-electron chi connectivity index (χ4n) is 2.49. The fraction of sp³-hybridized carbons (Fsp3) is 0.176. The van der Waals surface area contributed by atoms with Crippen LogP contribution in [0.5, 0.6) is 0 Å². The summed E-state index contributed by atoms with van der Waals surface area (Å²) in [5, 5.41) is 1.52. The molecule has 0 spiro atoms. The smallest absolute Gasteiger partial charge is 0.152 e. The minimum Gasteiger partial charge on any atom is -0.458 e. The zero-order chi connectivity index (χ0) is 14.8. The summed E-state index contributed by atoms with van der Waals surface area (Å²) in [7, 11) is 1.65. The highest BCUT2D eigenvalue weighted by Crippen LogP contribution is 2.34. The van der Waals surface area contributed by atoms with E-state index in [4.69, 9.17) is 26.5 Å². The lowest BCUT2D eigenvalue weighted by Crippen LogP contribution is -2.20. The summed E-state index contributed by atoms with van der Waals surface area (Å²) >= 11 is 6.14. The Kier molecular flexibility index (Phi) is 3.97. The van der Waals surface area contributed by atoms with Crippen LogP contribution in [0.4, 0.5) is 0 Å². The van der Waals surface area contributed by atoms with Gasteiger partial charge >= 0.3 is 0 Å². The van der Waals surface area contributed by atoms with Crippen LogP contribution >= 0.6 is 11.6 Å². The minimum absolute atomic E-state index is 0.273. The number of halogens is 1.